The summed E-state index contributed by atoms with van der Waals surface area (Å²) < 4.78 is 10.3. The molecule has 3 rings (SSSR count). The number of likely N-dealkylation sites (tertiary alicyclic amines) is 1. The number of carboxylic acids is 1. The molecule has 19 heavy (non-hydrogen) atoms. The molecular weight excluding hydrogens is 250 g/mol. The molecule has 3 heterocycles. The van der Waals surface area contributed by atoms with Gasteiger partial charge in [-0.3, -0.25) is 9.69 Å². The maximum Gasteiger partial charge on any atom is 0.307 e. The lowest BCUT2D eigenvalue weighted by Crippen LogP contribution is -2.22. The first kappa shape index (κ1) is 11.9. The van der Waals surface area contributed by atoms with E-state index in [1.165, 1.54) is 0 Å². The van der Waals surface area contributed by atoms with Gasteiger partial charge in [-0.05, 0) is 25.1 Å². The van der Waals surface area contributed by atoms with Gasteiger partial charge >= 0.3 is 5.97 Å². The van der Waals surface area contributed by atoms with Crippen LogP contribution in [0.4, 0.5) is 0 Å². The van der Waals surface area contributed by atoms with Crippen molar-refractivity contribution < 1.29 is 18.8 Å². The van der Waals surface area contributed by atoms with Gasteiger partial charge in [-0.1, -0.05) is 5.16 Å². The molecule has 1 aliphatic heterocycles. The van der Waals surface area contributed by atoms with Gasteiger partial charge in [0.25, 0.3) is 0 Å². The Morgan fingerprint density at radius 3 is 3.16 bits per heavy atom. The first-order valence-electron chi connectivity index (χ1n) is 6.04. The zero-order chi connectivity index (χ0) is 13.2. The van der Waals surface area contributed by atoms with Crippen LogP contribution in [0, 0.1) is 5.92 Å². The molecule has 1 saturated heterocycles. The Labute approximate surface area is 108 Å². The second-order valence-electron chi connectivity index (χ2n) is 4.55. The molecule has 7 heteroatoms. The highest BCUT2D eigenvalue weighted by Gasteiger charge is 2.29. The van der Waals surface area contributed by atoms with Gasteiger partial charge in [-0.2, -0.15) is 4.98 Å². The Kier molecular flexibility index (Phi) is 3.04. The molecule has 1 aliphatic rings. The number of aromatic nitrogens is 2. The third kappa shape index (κ3) is 2.50. The number of furan rings is 1. The van der Waals surface area contributed by atoms with E-state index in [2.05, 4.69) is 10.1 Å². The van der Waals surface area contributed by atoms with Crippen molar-refractivity contribution in [2.75, 3.05) is 13.1 Å². The fourth-order valence-electron chi connectivity index (χ4n) is 2.19. The van der Waals surface area contributed by atoms with Crippen LogP contribution in [0.5, 0.6) is 0 Å². The summed E-state index contributed by atoms with van der Waals surface area (Å²) in [5.74, 6) is 0.392. The van der Waals surface area contributed by atoms with E-state index in [9.17, 15) is 4.79 Å². The van der Waals surface area contributed by atoms with Crippen molar-refractivity contribution in [2.45, 2.75) is 13.0 Å². The first-order valence-corrected chi connectivity index (χ1v) is 6.04. The van der Waals surface area contributed by atoms with Gasteiger partial charge in [-0.25, -0.2) is 0 Å². The first-order chi connectivity index (χ1) is 9.22. The molecule has 0 aromatic carbocycles. The van der Waals surface area contributed by atoms with Crippen LogP contribution in [-0.2, 0) is 11.3 Å². The van der Waals surface area contributed by atoms with Gasteiger partial charge in [0.15, 0.2) is 5.76 Å². The molecule has 1 N–H and O–H groups in total. The fraction of sp³-hybridized carbons (Fsp3) is 0.417. The summed E-state index contributed by atoms with van der Waals surface area (Å²) in [6.45, 7) is 1.72. The van der Waals surface area contributed by atoms with Crippen LogP contribution in [0.15, 0.2) is 27.3 Å². The largest absolute Gasteiger partial charge is 0.481 e. The molecule has 1 unspecified atom stereocenters. The van der Waals surface area contributed by atoms with Crippen LogP contribution in [0.2, 0.25) is 0 Å². The van der Waals surface area contributed by atoms with E-state index in [1.54, 1.807) is 18.4 Å². The normalized spacial score (nSPS) is 19.9. The summed E-state index contributed by atoms with van der Waals surface area (Å²) in [4.78, 5) is 17.1. The molecule has 7 nitrogen and oxygen atoms in total. The molecular formula is C12H13N3O4. The zero-order valence-electron chi connectivity index (χ0n) is 10.2. The summed E-state index contributed by atoms with van der Waals surface area (Å²) >= 11 is 0. The number of rotatable bonds is 4. The van der Waals surface area contributed by atoms with E-state index in [0.29, 0.717) is 37.0 Å². The van der Waals surface area contributed by atoms with Crippen molar-refractivity contribution in [1.29, 1.82) is 0 Å². The molecule has 1 atom stereocenters. The monoisotopic (exact) mass is 263 g/mol. The quantitative estimate of drug-likeness (QED) is 0.886. The Bertz CT molecular complexity index is 563. The zero-order valence-corrected chi connectivity index (χ0v) is 10.2. The van der Waals surface area contributed by atoms with Gasteiger partial charge in [0.05, 0.1) is 18.7 Å². The molecule has 2 aromatic rings. The Balaban J connectivity index is 1.64. The molecule has 0 aliphatic carbocycles. The molecule has 2 aromatic heterocycles. The molecule has 0 amide bonds. The lowest BCUT2D eigenvalue weighted by Gasteiger charge is -2.11. The minimum atomic E-state index is -0.746. The summed E-state index contributed by atoms with van der Waals surface area (Å²) in [7, 11) is 0. The van der Waals surface area contributed by atoms with E-state index in [4.69, 9.17) is 14.0 Å². The van der Waals surface area contributed by atoms with E-state index >= 15 is 0 Å². The average Bonchev–Trinajstić information content (AvgIpc) is 3.09. The number of aliphatic carboxylic acids is 1. The Morgan fingerprint density at radius 1 is 1.58 bits per heavy atom. The van der Waals surface area contributed by atoms with E-state index in [1.807, 2.05) is 4.90 Å². The van der Waals surface area contributed by atoms with E-state index in [0.717, 1.165) is 6.54 Å². The standard InChI is InChI=1S/C12H13N3O4/c16-12(17)8-3-4-15(6-8)7-10-13-11(14-19-10)9-2-1-5-18-9/h1-2,5,8H,3-4,6-7H2,(H,16,17). The molecule has 0 bridgehead atoms. The Hall–Kier alpha value is -2.15. The Morgan fingerprint density at radius 2 is 2.47 bits per heavy atom. The van der Waals surface area contributed by atoms with E-state index < -0.39 is 5.97 Å². The van der Waals surface area contributed by atoms with Crippen LogP contribution in [0.1, 0.15) is 12.3 Å². The van der Waals surface area contributed by atoms with Crippen molar-refractivity contribution in [1.82, 2.24) is 15.0 Å². The van der Waals surface area contributed by atoms with Crippen molar-refractivity contribution in [2.24, 2.45) is 5.92 Å². The van der Waals surface area contributed by atoms with Crippen molar-refractivity contribution in [3.63, 3.8) is 0 Å². The summed E-state index contributed by atoms with van der Waals surface area (Å²) in [6, 6.07) is 3.51. The SMILES string of the molecule is O=C(O)C1CCN(Cc2nc(-c3ccco3)no2)C1. The van der Waals surface area contributed by atoms with Crippen LogP contribution >= 0.6 is 0 Å². The predicted molar refractivity (Wildman–Crippen MR) is 63.0 cm³/mol. The molecule has 1 fully saturated rings. The summed E-state index contributed by atoms with van der Waals surface area (Å²) in [6.07, 6.45) is 2.21. The molecule has 0 saturated carbocycles. The van der Waals surface area contributed by atoms with Crippen LogP contribution < -0.4 is 0 Å². The van der Waals surface area contributed by atoms with Gasteiger partial charge < -0.3 is 14.0 Å². The number of nitrogens with zero attached hydrogens (tertiary/aromatic N) is 3. The third-order valence-corrected chi connectivity index (χ3v) is 3.19. The highest BCUT2D eigenvalue weighted by Crippen LogP contribution is 2.20. The van der Waals surface area contributed by atoms with E-state index in [-0.39, 0.29) is 5.92 Å². The maximum absolute atomic E-state index is 10.9. The maximum atomic E-state index is 10.9. The molecule has 100 valence electrons. The van der Waals surface area contributed by atoms with Crippen LogP contribution in [-0.4, -0.2) is 39.2 Å². The second kappa shape index (κ2) is 4.85. The van der Waals surface area contributed by atoms with Crippen LogP contribution in [0.3, 0.4) is 0 Å². The van der Waals surface area contributed by atoms with Crippen molar-refractivity contribution in [3.05, 3.63) is 24.3 Å². The lowest BCUT2D eigenvalue weighted by molar-refractivity contribution is -0.141. The van der Waals surface area contributed by atoms with Gasteiger partial charge in [0.2, 0.25) is 11.7 Å². The minimum absolute atomic E-state index is 0.299. The van der Waals surface area contributed by atoms with Gasteiger partial charge in [0, 0.05) is 6.54 Å². The predicted octanol–water partition coefficient (Wildman–Crippen LogP) is 1.24. The minimum Gasteiger partial charge on any atom is -0.481 e. The highest BCUT2D eigenvalue weighted by molar-refractivity contribution is 5.70. The fourth-order valence-corrected chi connectivity index (χ4v) is 2.19. The summed E-state index contributed by atoms with van der Waals surface area (Å²) in [5.41, 5.74) is 0. The number of carboxylic acid groups (broad SMARTS) is 1. The van der Waals surface area contributed by atoms with Crippen molar-refractivity contribution in [3.8, 4) is 11.6 Å². The average molecular weight is 263 g/mol. The topological polar surface area (TPSA) is 92.6 Å². The lowest BCUT2D eigenvalue weighted by atomic mass is 10.1. The number of hydrogen-bond donors (Lipinski definition) is 1. The highest BCUT2D eigenvalue weighted by atomic mass is 16.5. The second-order valence-corrected chi connectivity index (χ2v) is 4.55. The summed E-state index contributed by atoms with van der Waals surface area (Å²) in [5, 5.41) is 12.8. The smallest absolute Gasteiger partial charge is 0.307 e. The number of carbonyl (C=O) groups is 1. The van der Waals surface area contributed by atoms with Gasteiger partial charge in [0.1, 0.15) is 0 Å². The third-order valence-electron chi connectivity index (χ3n) is 3.19. The van der Waals surface area contributed by atoms with Crippen molar-refractivity contribution >= 4 is 5.97 Å². The number of hydrogen-bond acceptors (Lipinski definition) is 6. The molecule has 0 spiro atoms. The van der Waals surface area contributed by atoms with Gasteiger partial charge in [-0.15, -0.1) is 0 Å². The van der Waals surface area contributed by atoms with Crippen LogP contribution in [0.25, 0.3) is 11.6 Å². The molecule has 0 radical (unpaired) electrons.